The summed E-state index contributed by atoms with van der Waals surface area (Å²) in [6, 6.07) is 15.2. The second-order valence-corrected chi connectivity index (χ2v) is 6.98. The van der Waals surface area contributed by atoms with Crippen LogP contribution < -0.4 is 0 Å². The summed E-state index contributed by atoms with van der Waals surface area (Å²) in [7, 11) is 0. The largest absolute Gasteiger partial charge is 0.611 e. The third kappa shape index (κ3) is 4.89. The Bertz CT molecular complexity index is 756. The summed E-state index contributed by atoms with van der Waals surface area (Å²) in [5.41, 5.74) is 3.03. The third-order valence-corrected chi connectivity index (χ3v) is 5.16. The second kappa shape index (κ2) is 8.58. The first-order valence-electron chi connectivity index (χ1n) is 7.68. The Labute approximate surface area is 145 Å². The van der Waals surface area contributed by atoms with Crippen molar-refractivity contribution in [2.24, 2.45) is 0 Å². The Balaban J connectivity index is 2.14. The summed E-state index contributed by atoms with van der Waals surface area (Å²) in [6.45, 7) is 3.70. The summed E-state index contributed by atoms with van der Waals surface area (Å²) in [5.74, 6) is 4.94. The fourth-order valence-electron chi connectivity index (χ4n) is 2.45. The van der Waals surface area contributed by atoms with Crippen LogP contribution in [0.1, 0.15) is 36.0 Å². The highest BCUT2D eigenvalue weighted by atomic mass is 32.2. The van der Waals surface area contributed by atoms with Crippen molar-refractivity contribution in [2.45, 2.75) is 36.8 Å². The summed E-state index contributed by atoms with van der Waals surface area (Å²) in [6.07, 6.45) is -0.0352. The van der Waals surface area contributed by atoms with Crippen LogP contribution in [-0.2, 0) is 21.7 Å². The normalized spacial score (nSPS) is 12.8. The molecule has 0 aliphatic rings. The molecule has 0 saturated heterocycles. The van der Waals surface area contributed by atoms with Gasteiger partial charge in [0.2, 0.25) is 0 Å². The maximum atomic E-state index is 12.5. The first-order valence-corrected chi connectivity index (χ1v) is 9.00. The van der Waals surface area contributed by atoms with Gasteiger partial charge in [0.15, 0.2) is 4.90 Å². The average molecular weight is 340 g/mol. The lowest BCUT2D eigenvalue weighted by Gasteiger charge is -2.14. The van der Waals surface area contributed by atoms with Crippen LogP contribution in [0.5, 0.6) is 0 Å². The molecule has 2 atom stereocenters. The van der Waals surface area contributed by atoms with E-state index in [0.29, 0.717) is 5.75 Å². The van der Waals surface area contributed by atoms with Crippen molar-refractivity contribution < 1.29 is 14.5 Å². The van der Waals surface area contributed by atoms with Crippen LogP contribution in [0.2, 0.25) is 0 Å². The van der Waals surface area contributed by atoms with Gasteiger partial charge in [0.1, 0.15) is 5.75 Å². The number of aliphatic carboxylic acids is 1. The smallest absolute Gasteiger partial charge is 0.304 e. The maximum absolute atomic E-state index is 12.5. The lowest BCUT2D eigenvalue weighted by molar-refractivity contribution is -0.137. The molecule has 0 bridgehead atoms. The number of carboxylic acid groups (broad SMARTS) is 1. The molecule has 2 unspecified atom stereocenters. The number of aryl methyl sites for hydroxylation is 1. The molecule has 0 aliphatic heterocycles. The molecule has 4 heteroatoms. The first kappa shape index (κ1) is 18.1. The molecule has 1 N–H and O–H groups in total. The van der Waals surface area contributed by atoms with Crippen molar-refractivity contribution in [2.75, 3.05) is 0 Å². The monoisotopic (exact) mass is 340 g/mol. The molecule has 0 aromatic heterocycles. The van der Waals surface area contributed by atoms with Crippen molar-refractivity contribution >= 4 is 17.1 Å². The van der Waals surface area contributed by atoms with Gasteiger partial charge in [-0.05, 0) is 48.3 Å². The maximum Gasteiger partial charge on any atom is 0.304 e. The van der Waals surface area contributed by atoms with Crippen molar-refractivity contribution in [3.8, 4) is 11.8 Å². The Kier molecular flexibility index (Phi) is 6.48. The topological polar surface area (TPSA) is 60.4 Å². The molecule has 2 aromatic rings. The molecule has 0 amide bonds. The van der Waals surface area contributed by atoms with Crippen molar-refractivity contribution in [1.82, 2.24) is 0 Å². The van der Waals surface area contributed by atoms with Crippen LogP contribution >= 0.6 is 0 Å². The van der Waals surface area contributed by atoms with Crippen LogP contribution in [0.25, 0.3) is 0 Å². The molecule has 124 valence electrons. The SMILES string of the molecule is CC#CC(CC(=O)O)c1ccc([S+]([O-])Cc2ccccc2C)cc1. The molecule has 0 saturated carbocycles. The van der Waals surface area contributed by atoms with Gasteiger partial charge in [0.05, 0.1) is 12.3 Å². The zero-order chi connectivity index (χ0) is 17.5. The van der Waals surface area contributed by atoms with E-state index >= 15 is 0 Å². The fourth-order valence-corrected chi connectivity index (χ4v) is 3.66. The molecule has 2 rings (SSSR count). The Morgan fingerprint density at radius 2 is 1.88 bits per heavy atom. The fraction of sp³-hybridized carbons (Fsp3) is 0.250. The third-order valence-electron chi connectivity index (χ3n) is 3.79. The molecule has 0 heterocycles. The van der Waals surface area contributed by atoms with Gasteiger partial charge in [-0.15, -0.1) is 5.92 Å². The Morgan fingerprint density at radius 1 is 1.21 bits per heavy atom. The highest BCUT2D eigenvalue weighted by Gasteiger charge is 2.16. The molecule has 0 spiro atoms. The molecular weight excluding hydrogens is 320 g/mol. The molecular formula is C20H20O3S. The standard InChI is InChI=1S/C20H20O3S/c1-3-6-17(13-20(21)22)16-9-11-19(12-10-16)24(23)14-18-8-5-4-7-15(18)2/h4-5,7-12,17H,13-14H2,1-2H3,(H,21,22). The van der Waals surface area contributed by atoms with Crippen molar-refractivity contribution in [3.05, 3.63) is 65.2 Å². The second-order valence-electron chi connectivity index (χ2n) is 5.53. The lowest BCUT2D eigenvalue weighted by atomic mass is 9.96. The van der Waals surface area contributed by atoms with Crippen LogP contribution in [-0.4, -0.2) is 15.6 Å². The van der Waals surface area contributed by atoms with Crippen LogP contribution in [0, 0.1) is 18.8 Å². The van der Waals surface area contributed by atoms with E-state index in [1.54, 1.807) is 19.1 Å². The molecule has 24 heavy (non-hydrogen) atoms. The highest BCUT2D eigenvalue weighted by molar-refractivity contribution is 7.90. The van der Waals surface area contributed by atoms with Gasteiger partial charge in [0, 0.05) is 5.56 Å². The zero-order valence-corrected chi connectivity index (χ0v) is 14.6. The van der Waals surface area contributed by atoms with Crippen molar-refractivity contribution in [3.63, 3.8) is 0 Å². The van der Waals surface area contributed by atoms with Gasteiger partial charge in [-0.2, -0.15) is 0 Å². The highest BCUT2D eigenvalue weighted by Crippen LogP contribution is 2.23. The number of carbonyl (C=O) groups is 1. The van der Waals surface area contributed by atoms with Gasteiger partial charge in [0.25, 0.3) is 0 Å². The summed E-state index contributed by atoms with van der Waals surface area (Å²) >= 11 is -1.13. The summed E-state index contributed by atoms with van der Waals surface area (Å²) in [5, 5.41) is 8.99. The molecule has 0 radical (unpaired) electrons. The summed E-state index contributed by atoms with van der Waals surface area (Å²) < 4.78 is 12.5. The Hall–Kier alpha value is -2.22. The predicted molar refractivity (Wildman–Crippen MR) is 96.2 cm³/mol. The quantitative estimate of drug-likeness (QED) is 0.641. The molecule has 0 fully saturated rings. The van der Waals surface area contributed by atoms with E-state index in [2.05, 4.69) is 11.8 Å². The van der Waals surface area contributed by atoms with Gasteiger partial charge >= 0.3 is 5.97 Å². The van der Waals surface area contributed by atoms with Gasteiger partial charge in [-0.3, -0.25) is 4.79 Å². The van der Waals surface area contributed by atoms with E-state index in [4.69, 9.17) is 5.11 Å². The minimum atomic E-state index is -1.13. The summed E-state index contributed by atoms with van der Waals surface area (Å²) in [4.78, 5) is 11.7. The number of rotatable bonds is 6. The number of benzene rings is 2. The average Bonchev–Trinajstić information content (AvgIpc) is 2.56. The van der Waals surface area contributed by atoms with Crippen LogP contribution in [0.4, 0.5) is 0 Å². The van der Waals surface area contributed by atoms with Crippen LogP contribution in [0.15, 0.2) is 53.4 Å². The van der Waals surface area contributed by atoms with Crippen molar-refractivity contribution in [1.29, 1.82) is 0 Å². The van der Waals surface area contributed by atoms with Gasteiger partial charge in [-0.1, -0.05) is 42.3 Å². The van der Waals surface area contributed by atoms with E-state index in [1.165, 1.54) is 0 Å². The molecule has 2 aromatic carbocycles. The number of hydrogen-bond acceptors (Lipinski definition) is 2. The van der Waals surface area contributed by atoms with E-state index in [-0.39, 0.29) is 12.3 Å². The molecule has 3 nitrogen and oxygen atoms in total. The first-order chi connectivity index (χ1) is 11.5. The molecule has 0 aliphatic carbocycles. The predicted octanol–water partition coefficient (Wildman–Crippen LogP) is 3.88. The van der Waals surface area contributed by atoms with E-state index < -0.39 is 17.1 Å². The van der Waals surface area contributed by atoms with Gasteiger partial charge < -0.3 is 9.66 Å². The van der Waals surface area contributed by atoms with Gasteiger partial charge in [-0.25, -0.2) is 0 Å². The number of carboxylic acids is 1. The minimum absolute atomic E-state index is 0.0352. The number of hydrogen-bond donors (Lipinski definition) is 1. The minimum Gasteiger partial charge on any atom is -0.611 e. The van der Waals surface area contributed by atoms with E-state index in [0.717, 1.165) is 21.6 Å². The lowest BCUT2D eigenvalue weighted by Crippen LogP contribution is -2.08. The van der Waals surface area contributed by atoms with E-state index in [1.807, 2.05) is 43.3 Å². The van der Waals surface area contributed by atoms with E-state index in [9.17, 15) is 9.35 Å². The van der Waals surface area contributed by atoms with Crippen LogP contribution in [0.3, 0.4) is 0 Å². The Morgan fingerprint density at radius 3 is 2.46 bits per heavy atom. The zero-order valence-electron chi connectivity index (χ0n) is 13.8.